The van der Waals surface area contributed by atoms with E-state index in [-0.39, 0.29) is 29.9 Å². The molecule has 0 aliphatic heterocycles. The molecule has 0 atom stereocenters. The number of carbonyl (C=O) groups is 1. The molecule has 0 fully saturated rings. The molecule has 1 rings (SSSR count). The number of esters is 1. The largest absolute Gasteiger partial charge is 1.00 e. The number of hydrogen-bond donors (Lipinski definition) is 0. The van der Waals surface area contributed by atoms with Gasteiger partial charge in [-0.25, -0.2) is 4.79 Å². The third-order valence-corrected chi connectivity index (χ3v) is 2.22. The van der Waals surface area contributed by atoms with Gasteiger partial charge in [-0.2, -0.15) is 0 Å². The maximum absolute atomic E-state index is 11.5. The van der Waals surface area contributed by atoms with Crippen LogP contribution in [0, 0.1) is 0 Å². The number of rotatable bonds is 5. The summed E-state index contributed by atoms with van der Waals surface area (Å²) in [4.78, 5) is 11.5. The fourth-order valence-corrected chi connectivity index (χ4v) is 1.36. The van der Waals surface area contributed by atoms with Crippen LogP contribution in [0.5, 0.6) is 0 Å². The smallest absolute Gasteiger partial charge is 0.338 e. The molecule has 0 heterocycles. The van der Waals surface area contributed by atoms with Crippen molar-refractivity contribution in [2.75, 3.05) is 34.3 Å². The van der Waals surface area contributed by atoms with Crippen molar-refractivity contribution in [3.63, 3.8) is 0 Å². The van der Waals surface area contributed by atoms with E-state index in [1.807, 2.05) is 18.2 Å². The lowest BCUT2D eigenvalue weighted by Gasteiger charge is -2.23. The van der Waals surface area contributed by atoms with Gasteiger partial charge in [-0.05, 0) is 12.1 Å². The monoisotopic (exact) mass is 349 g/mol. The third-order valence-electron chi connectivity index (χ3n) is 2.22. The Morgan fingerprint density at radius 3 is 2.29 bits per heavy atom. The molecule has 0 saturated heterocycles. The molecule has 1 aromatic carbocycles. The van der Waals surface area contributed by atoms with Crippen LogP contribution in [-0.4, -0.2) is 44.7 Å². The molecule has 0 aliphatic rings. The van der Waals surface area contributed by atoms with E-state index in [0.29, 0.717) is 12.2 Å². The van der Waals surface area contributed by atoms with Gasteiger partial charge in [0.1, 0.15) is 0 Å². The zero-order chi connectivity index (χ0) is 12.0. The van der Waals surface area contributed by atoms with Gasteiger partial charge in [0.2, 0.25) is 0 Å². The fraction of sp³-hybridized carbons (Fsp3) is 0.462. The molecule has 0 N–H and O–H groups in total. The van der Waals surface area contributed by atoms with Gasteiger partial charge in [0.05, 0.1) is 39.9 Å². The number of ether oxygens (including phenoxy) is 1. The molecule has 0 aliphatic carbocycles. The Hall–Kier alpha value is -0.620. The first-order valence-corrected chi connectivity index (χ1v) is 5.52. The van der Waals surface area contributed by atoms with Crippen LogP contribution in [-0.2, 0) is 4.74 Å². The van der Waals surface area contributed by atoms with Gasteiger partial charge in [0, 0.05) is 6.42 Å². The molecule has 3 nitrogen and oxygen atoms in total. The summed E-state index contributed by atoms with van der Waals surface area (Å²) in [6, 6.07) is 9.09. The van der Waals surface area contributed by atoms with E-state index in [9.17, 15) is 4.79 Å². The lowest BCUT2D eigenvalue weighted by molar-refractivity contribution is -0.870. The summed E-state index contributed by atoms with van der Waals surface area (Å²) in [7, 11) is 6.37. The topological polar surface area (TPSA) is 26.3 Å². The van der Waals surface area contributed by atoms with Crippen LogP contribution in [0.3, 0.4) is 0 Å². The minimum atomic E-state index is -0.234. The first-order chi connectivity index (χ1) is 7.49. The van der Waals surface area contributed by atoms with Crippen LogP contribution in [0.1, 0.15) is 16.8 Å². The summed E-state index contributed by atoms with van der Waals surface area (Å²) in [5.41, 5.74) is 0.618. The molecule has 0 aromatic heterocycles. The van der Waals surface area contributed by atoms with Crippen molar-refractivity contribution in [3.05, 3.63) is 35.9 Å². The first kappa shape index (κ1) is 16.4. The molecule has 0 radical (unpaired) electrons. The fourth-order valence-electron chi connectivity index (χ4n) is 1.36. The van der Waals surface area contributed by atoms with Crippen LogP contribution < -0.4 is 24.0 Å². The van der Waals surface area contributed by atoms with Crippen LogP contribution in [0.25, 0.3) is 0 Å². The Balaban J connectivity index is 0.00000256. The highest BCUT2D eigenvalue weighted by Crippen LogP contribution is 2.02. The predicted molar refractivity (Wildman–Crippen MR) is 64.2 cm³/mol. The zero-order valence-corrected chi connectivity index (χ0v) is 12.8. The van der Waals surface area contributed by atoms with Crippen LogP contribution >= 0.6 is 0 Å². The van der Waals surface area contributed by atoms with Crippen molar-refractivity contribution < 1.29 is 38.0 Å². The van der Waals surface area contributed by atoms with Crippen molar-refractivity contribution in [2.24, 2.45) is 0 Å². The second-order valence-electron chi connectivity index (χ2n) is 4.87. The maximum atomic E-state index is 11.5. The number of benzene rings is 1. The van der Waals surface area contributed by atoms with Crippen molar-refractivity contribution in [3.8, 4) is 0 Å². The summed E-state index contributed by atoms with van der Waals surface area (Å²) >= 11 is 0. The number of nitrogens with zero attached hydrogens (tertiary/aromatic N) is 1. The Morgan fingerprint density at radius 2 is 1.76 bits per heavy atom. The third kappa shape index (κ3) is 7.33. The summed E-state index contributed by atoms with van der Waals surface area (Å²) in [6.07, 6.45) is 0.891. The number of carbonyl (C=O) groups excluding carboxylic acids is 1. The van der Waals surface area contributed by atoms with E-state index < -0.39 is 0 Å². The average Bonchev–Trinajstić information content (AvgIpc) is 2.24. The maximum Gasteiger partial charge on any atom is 0.338 e. The minimum absolute atomic E-state index is 0. The molecule has 17 heavy (non-hydrogen) atoms. The molecule has 96 valence electrons. The van der Waals surface area contributed by atoms with E-state index in [2.05, 4.69) is 21.1 Å². The molecule has 0 spiro atoms. The van der Waals surface area contributed by atoms with E-state index in [1.54, 1.807) is 12.1 Å². The van der Waals surface area contributed by atoms with Gasteiger partial charge < -0.3 is 33.2 Å². The van der Waals surface area contributed by atoms with E-state index in [4.69, 9.17) is 4.74 Å². The van der Waals surface area contributed by atoms with Crippen LogP contribution in [0.15, 0.2) is 30.3 Å². The normalized spacial score (nSPS) is 10.5. The summed E-state index contributed by atoms with van der Waals surface area (Å²) in [6.45, 7) is 1.49. The molecule has 4 heteroatoms. The van der Waals surface area contributed by atoms with E-state index >= 15 is 0 Å². The predicted octanol–water partition coefficient (Wildman–Crippen LogP) is -1.06. The van der Waals surface area contributed by atoms with Gasteiger partial charge in [-0.3, -0.25) is 0 Å². The van der Waals surface area contributed by atoms with Gasteiger partial charge in [0.25, 0.3) is 0 Å². The quantitative estimate of drug-likeness (QED) is 0.293. The van der Waals surface area contributed by atoms with Gasteiger partial charge >= 0.3 is 5.97 Å². The first-order valence-electron chi connectivity index (χ1n) is 5.52. The number of hydrogen-bond acceptors (Lipinski definition) is 2. The number of halogens is 1. The minimum Gasteiger partial charge on any atom is -1.00 e. The Labute approximate surface area is 120 Å². The highest BCUT2D eigenvalue weighted by atomic mass is 127. The van der Waals surface area contributed by atoms with Gasteiger partial charge in [-0.15, -0.1) is 0 Å². The number of quaternary nitrogens is 1. The lowest BCUT2D eigenvalue weighted by Crippen LogP contribution is -3.00. The summed E-state index contributed by atoms with van der Waals surface area (Å²) < 4.78 is 6.07. The molecular weight excluding hydrogens is 329 g/mol. The molecular formula is C13H20INO2. The van der Waals surface area contributed by atoms with Gasteiger partial charge in [0.15, 0.2) is 0 Å². The summed E-state index contributed by atoms with van der Waals surface area (Å²) in [5, 5.41) is 0. The lowest BCUT2D eigenvalue weighted by atomic mass is 10.2. The Kier molecular flexibility index (Phi) is 7.38. The van der Waals surface area contributed by atoms with Crippen LogP contribution in [0.4, 0.5) is 0 Å². The molecule has 0 bridgehead atoms. The van der Waals surface area contributed by atoms with E-state index in [0.717, 1.165) is 17.4 Å². The summed E-state index contributed by atoms with van der Waals surface area (Å²) in [5.74, 6) is -0.234. The van der Waals surface area contributed by atoms with Crippen molar-refractivity contribution in [1.82, 2.24) is 0 Å². The van der Waals surface area contributed by atoms with Crippen molar-refractivity contribution in [1.29, 1.82) is 0 Å². The molecule has 1 aromatic rings. The Morgan fingerprint density at radius 1 is 1.18 bits per heavy atom. The second-order valence-corrected chi connectivity index (χ2v) is 4.87. The molecule has 0 amide bonds. The molecule has 0 unspecified atom stereocenters. The average molecular weight is 349 g/mol. The van der Waals surface area contributed by atoms with Crippen molar-refractivity contribution >= 4 is 5.97 Å². The zero-order valence-electron chi connectivity index (χ0n) is 10.6. The van der Waals surface area contributed by atoms with Gasteiger partial charge in [-0.1, -0.05) is 18.2 Å². The highest BCUT2D eigenvalue weighted by Gasteiger charge is 2.08. The van der Waals surface area contributed by atoms with E-state index in [1.165, 1.54) is 0 Å². The Bertz CT molecular complexity index is 333. The van der Waals surface area contributed by atoms with Crippen molar-refractivity contribution in [2.45, 2.75) is 6.42 Å². The van der Waals surface area contributed by atoms with Crippen LogP contribution in [0.2, 0.25) is 0 Å². The highest BCUT2D eigenvalue weighted by molar-refractivity contribution is 5.89. The SMILES string of the molecule is C[N+](C)(C)CCCOC(=O)c1ccccc1.[I-]. The molecule has 0 saturated carbocycles. The second kappa shape index (κ2) is 7.66. The standard InChI is InChI=1S/C13H20NO2.HI/c1-14(2,3)10-7-11-16-13(15)12-8-5-4-6-9-12;/h4-6,8-9H,7,10-11H2,1-3H3;1H/q+1;/p-1.